The molecule has 0 radical (unpaired) electrons. The SMILES string of the molecule is Cc1ccc(Cl)cc1Oc1c(F)cccc1CC(C)N. The van der Waals surface area contributed by atoms with E-state index in [0.29, 0.717) is 17.2 Å². The standard InChI is InChI=1S/C16H17ClFNO/c1-10-6-7-13(17)9-15(10)20-16-12(8-11(2)19)4-3-5-14(16)18/h3-7,9,11H,8,19H2,1-2H3. The molecular formula is C16H17ClFNO. The van der Waals surface area contributed by atoms with Crippen LogP contribution in [-0.4, -0.2) is 6.04 Å². The summed E-state index contributed by atoms with van der Waals surface area (Å²) in [7, 11) is 0. The molecule has 0 amide bonds. The van der Waals surface area contributed by atoms with E-state index in [1.165, 1.54) is 6.07 Å². The summed E-state index contributed by atoms with van der Waals surface area (Å²) in [6, 6.07) is 10.1. The summed E-state index contributed by atoms with van der Waals surface area (Å²) < 4.78 is 19.8. The van der Waals surface area contributed by atoms with Crippen molar-refractivity contribution >= 4 is 11.6 Å². The lowest BCUT2D eigenvalue weighted by molar-refractivity contribution is 0.432. The first-order chi connectivity index (χ1) is 9.47. The van der Waals surface area contributed by atoms with Crippen molar-refractivity contribution in [2.75, 3.05) is 0 Å². The monoisotopic (exact) mass is 293 g/mol. The quantitative estimate of drug-likeness (QED) is 0.902. The molecule has 2 rings (SSSR count). The molecule has 0 spiro atoms. The highest BCUT2D eigenvalue weighted by Gasteiger charge is 2.13. The van der Waals surface area contributed by atoms with Gasteiger partial charge in [-0.05, 0) is 49.6 Å². The first-order valence-electron chi connectivity index (χ1n) is 6.44. The van der Waals surface area contributed by atoms with E-state index >= 15 is 0 Å². The number of aryl methyl sites for hydroxylation is 1. The smallest absolute Gasteiger partial charge is 0.166 e. The zero-order valence-electron chi connectivity index (χ0n) is 11.5. The van der Waals surface area contributed by atoms with E-state index in [0.717, 1.165) is 11.1 Å². The van der Waals surface area contributed by atoms with Gasteiger partial charge in [0, 0.05) is 11.1 Å². The van der Waals surface area contributed by atoms with Crippen LogP contribution in [0.15, 0.2) is 36.4 Å². The van der Waals surface area contributed by atoms with Gasteiger partial charge in [-0.3, -0.25) is 0 Å². The minimum atomic E-state index is -0.400. The topological polar surface area (TPSA) is 35.2 Å². The van der Waals surface area contributed by atoms with Crippen LogP contribution in [0.5, 0.6) is 11.5 Å². The molecule has 0 aliphatic carbocycles. The van der Waals surface area contributed by atoms with Crippen LogP contribution in [0.1, 0.15) is 18.1 Å². The van der Waals surface area contributed by atoms with Gasteiger partial charge in [-0.2, -0.15) is 0 Å². The molecule has 1 unspecified atom stereocenters. The number of para-hydroxylation sites is 1. The molecule has 0 fully saturated rings. The Labute approximate surface area is 123 Å². The second kappa shape index (κ2) is 6.25. The van der Waals surface area contributed by atoms with E-state index in [4.69, 9.17) is 22.1 Å². The van der Waals surface area contributed by atoms with Crippen molar-refractivity contribution in [1.82, 2.24) is 0 Å². The molecule has 2 nitrogen and oxygen atoms in total. The van der Waals surface area contributed by atoms with E-state index in [1.54, 1.807) is 18.2 Å². The Morgan fingerprint density at radius 3 is 2.75 bits per heavy atom. The van der Waals surface area contributed by atoms with E-state index in [-0.39, 0.29) is 11.8 Å². The van der Waals surface area contributed by atoms with Crippen molar-refractivity contribution in [3.8, 4) is 11.5 Å². The molecule has 106 valence electrons. The maximum absolute atomic E-state index is 14.0. The first kappa shape index (κ1) is 14.8. The lowest BCUT2D eigenvalue weighted by Gasteiger charge is -2.15. The van der Waals surface area contributed by atoms with Crippen molar-refractivity contribution in [2.45, 2.75) is 26.3 Å². The van der Waals surface area contributed by atoms with Crippen molar-refractivity contribution in [3.05, 3.63) is 58.4 Å². The molecule has 0 heterocycles. The number of nitrogens with two attached hydrogens (primary N) is 1. The maximum Gasteiger partial charge on any atom is 0.166 e. The van der Waals surface area contributed by atoms with E-state index in [2.05, 4.69) is 0 Å². The molecule has 1 atom stereocenters. The molecule has 4 heteroatoms. The molecule has 0 bridgehead atoms. The summed E-state index contributed by atoms with van der Waals surface area (Å²) in [5, 5.41) is 0.552. The van der Waals surface area contributed by atoms with Crippen LogP contribution in [-0.2, 0) is 6.42 Å². The second-order valence-electron chi connectivity index (χ2n) is 4.92. The second-order valence-corrected chi connectivity index (χ2v) is 5.36. The molecule has 0 aliphatic rings. The third-order valence-electron chi connectivity index (χ3n) is 2.95. The fraction of sp³-hybridized carbons (Fsp3) is 0.250. The van der Waals surface area contributed by atoms with Gasteiger partial charge < -0.3 is 10.5 Å². The minimum Gasteiger partial charge on any atom is -0.454 e. The van der Waals surface area contributed by atoms with Gasteiger partial charge in [0.25, 0.3) is 0 Å². The molecular weight excluding hydrogens is 277 g/mol. The Morgan fingerprint density at radius 1 is 1.30 bits per heavy atom. The van der Waals surface area contributed by atoms with Gasteiger partial charge in [-0.1, -0.05) is 29.8 Å². The van der Waals surface area contributed by atoms with Crippen LogP contribution < -0.4 is 10.5 Å². The average Bonchev–Trinajstić information content (AvgIpc) is 2.37. The number of rotatable bonds is 4. The number of ether oxygens (including phenoxy) is 1. The highest BCUT2D eigenvalue weighted by Crippen LogP contribution is 2.32. The number of hydrogen-bond acceptors (Lipinski definition) is 2. The van der Waals surface area contributed by atoms with Crippen LogP contribution in [0.25, 0.3) is 0 Å². The average molecular weight is 294 g/mol. The van der Waals surface area contributed by atoms with E-state index in [9.17, 15) is 4.39 Å². The van der Waals surface area contributed by atoms with Gasteiger partial charge in [-0.25, -0.2) is 4.39 Å². The zero-order chi connectivity index (χ0) is 14.7. The maximum atomic E-state index is 14.0. The Kier molecular flexibility index (Phi) is 4.63. The Hall–Kier alpha value is -1.58. The largest absolute Gasteiger partial charge is 0.454 e. The lowest BCUT2D eigenvalue weighted by atomic mass is 10.1. The molecule has 2 N–H and O–H groups in total. The van der Waals surface area contributed by atoms with Crippen molar-refractivity contribution in [1.29, 1.82) is 0 Å². The number of halogens is 2. The van der Waals surface area contributed by atoms with Gasteiger partial charge in [0.05, 0.1) is 0 Å². The highest BCUT2D eigenvalue weighted by molar-refractivity contribution is 6.30. The molecule has 0 aromatic heterocycles. The summed E-state index contributed by atoms with van der Waals surface area (Å²) in [6.07, 6.45) is 0.548. The van der Waals surface area contributed by atoms with Gasteiger partial charge in [0.2, 0.25) is 0 Å². The number of hydrogen-bond donors (Lipinski definition) is 1. The summed E-state index contributed by atoms with van der Waals surface area (Å²) >= 11 is 5.95. The Balaban J connectivity index is 2.39. The Morgan fingerprint density at radius 2 is 2.05 bits per heavy atom. The van der Waals surface area contributed by atoms with Crippen molar-refractivity contribution < 1.29 is 9.13 Å². The van der Waals surface area contributed by atoms with E-state index in [1.807, 2.05) is 26.0 Å². The van der Waals surface area contributed by atoms with Crippen LogP contribution in [0.4, 0.5) is 4.39 Å². The molecule has 2 aromatic carbocycles. The summed E-state index contributed by atoms with van der Waals surface area (Å²) in [6.45, 7) is 3.76. The number of benzene rings is 2. The third-order valence-corrected chi connectivity index (χ3v) is 3.19. The molecule has 0 saturated carbocycles. The fourth-order valence-corrected chi connectivity index (χ4v) is 2.13. The van der Waals surface area contributed by atoms with Crippen LogP contribution in [0.2, 0.25) is 5.02 Å². The van der Waals surface area contributed by atoms with Gasteiger partial charge in [0.15, 0.2) is 11.6 Å². The third kappa shape index (κ3) is 3.50. The predicted molar refractivity (Wildman–Crippen MR) is 80.0 cm³/mol. The highest BCUT2D eigenvalue weighted by atomic mass is 35.5. The van der Waals surface area contributed by atoms with Gasteiger partial charge in [0.1, 0.15) is 5.75 Å². The van der Waals surface area contributed by atoms with Crippen LogP contribution in [0, 0.1) is 12.7 Å². The fourth-order valence-electron chi connectivity index (χ4n) is 1.97. The van der Waals surface area contributed by atoms with Gasteiger partial charge in [-0.15, -0.1) is 0 Å². The van der Waals surface area contributed by atoms with Crippen LogP contribution in [0.3, 0.4) is 0 Å². The summed E-state index contributed by atoms with van der Waals surface area (Å²) in [5.74, 6) is 0.367. The van der Waals surface area contributed by atoms with Crippen molar-refractivity contribution in [3.63, 3.8) is 0 Å². The Bertz CT molecular complexity index is 613. The predicted octanol–water partition coefficient (Wildman–Crippen LogP) is 4.47. The molecule has 0 saturated heterocycles. The molecule has 20 heavy (non-hydrogen) atoms. The first-order valence-corrected chi connectivity index (χ1v) is 6.82. The molecule has 2 aromatic rings. The normalized spacial score (nSPS) is 12.2. The summed E-state index contributed by atoms with van der Waals surface area (Å²) in [4.78, 5) is 0. The summed E-state index contributed by atoms with van der Waals surface area (Å²) in [5.41, 5.74) is 7.43. The minimum absolute atomic E-state index is 0.0698. The van der Waals surface area contributed by atoms with Gasteiger partial charge >= 0.3 is 0 Å². The zero-order valence-corrected chi connectivity index (χ0v) is 12.2. The van der Waals surface area contributed by atoms with Crippen molar-refractivity contribution in [2.24, 2.45) is 5.73 Å². The lowest BCUT2D eigenvalue weighted by Crippen LogP contribution is -2.18. The van der Waals surface area contributed by atoms with Crippen LogP contribution >= 0.6 is 11.6 Å². The van der Waals surface area contributed by atoms with E-state index < -0.39 is 5.82 Å². The molecule has 0 aliphatic heterocycles.